The average Bonchev–Trinajstić information content (AvgIpc) is 3.09. The molecule has 0 spiro atoms. The molecule has 0 aromatic carbocycles. The SMILES string of the molecule is CN(C)CCN(C(=O)CC1CC2CCC(C1)N2)C1CCCC1. The number of nitrogens with one attached hydrogen (secondary N) is 1. The third kappa shape index (κ3) is 4.02. The van der Waals surface area contributed by atoms with Gasteiger partial charge in [0.25, 0.3) is 0 Å². The van der Waals surface area contributed by atoms with Gasteiger partial charge >= 0.3 is 0 Å². The number of rotatable bonds is 6. The first kappa shape index (κ1) is 16.3. The van der Waals surface area contributed by atoms with Gasteiger partial charge in [-0.15, -0.1) is 0 Å². The highest BCUT2D eigenvalue weighted by Gasteiger charge is 2.35. The maximum absolute atomic E-state index is 12.9. The minimum atomic E-state index is 0.431. The van der Waals surface area contributed by atoms with Gasteiger partial charge in [0.2, 0.25) is 5.91 Å². The molecule has 1 N–H and O–H groups in total. The summed E-state index contributed by atoms with van der Waals surface area (Å²) in [6.07, 6.45) is 10.9. The lowest BCUT2D eigenvalue weighted by Crippen LogP contribution is -2.45. The summed E-state index contributed by atoms with van der Waals surface area (Å²) in [4.78, 5) is 17.4. The highest BCUT2D eigenvalue weighted by molar-refractivity contribution is 5.77. The largest absolute Gasteiger partial charge is 0.338 e. The molecule has 3 rings (SSSR count). The summed E-state index contributed by atoms with van der Waals surface area (Å²) in [5, 5.41) is 3.69. The van der Waals surface area contributed by atoms with Crippen LogP contribution >= 0.6 is 0 Å². The van der Waals surface area contributed by atoms with Crippen LogP contribution in [0.1, 0.15) is 57.8 Å². The normalized spacial score (nSPS) is 31.9. The number of amides is 1. The van der Waals surface area contributed by atoms with Crippen LogP contribution in [0.5, 0.6) is 0 Å². The minimum Gasteiger partial charge on any atom is -0.338 e. The van der Waals surface area contributed by atoms with Crippen molar-refractivity contribution in [2.45, 2.75) is 75.9 Å². The molecular weight excluding hydrogens is 274 g/mol. The average molecular weight is 307 g/mol. The number of likely N-dealkylation sites (N-methyl/N-ethyl adjacent to an activating group) is 1. The predicted octanol–water partition coefficient (Wildman–Crippen LogP) is 2.24. The zero-order chi connectivity index (χ0) is 15.5. The van der Waals surface area contributed by atoms with E-state index >= 15 is 0 Å². The number of piperidine rings is 1. The van der Waals surface area contributed by atoms with Crippen LogP contribution in [0.3, 0.4) is 0 Å². The Morgan fingerprint density at radius 3 is 2.23 bits per heavy atom. The number of carbonyl (C=O) groups excluding carboxylic acids is 1. The second kappa shape index (κ2) is 7.31. The summed E-state index contributed by atoms with van der Waals surface area (Å²) in [6, 6.07) is 1.90. The van der Waals surface area contributed by atoms with Gasteiger partial charge in [0.15, 0.2) is 0 Å². The van der Waals surface area contributed by atoms with Crippen LogP contribution < -0.4 is 5.32 Å². The van der Waals surface area contributed by atoms with E-state index in [1.54, 1.807) is 0 Å². The number of hydrogen-bond donors (Lipinski definition) is 1. The lowest BCUT2D eigenvalue weighted by atomic mass is 9.89. The van der Waals surface area contributed by atoms with Gasteiger partial charge in [-0.2, -0.15) is 0 Å². The maximum atomic E-state index is 12.9. The van der Waals surface area contributed by atoms with Crippen molar-refractivity contribution in [3.63, 3.8) is 0 Å². The summed E-state index contributed by atoms with van der Waals surface area (Å²) in [6.45, 7) is 1.90. The van der Waals surface area contributed by atoms with E-state index in [0.29, 0.717) is 30.0 Å². The lowest BCUT2D eigenvalue weighted by Gasteiger charge is -2.34. The molecule has 2 unspecified atom stereocenters. The molecule has 2 heterocycles. The third-order valence-electron chi connectivity index (χ3n) is 5.91. The Morgan fingerprint density at radius 1 is 1.00 bits per heavy atom. The highest BCUT2D eigenvalue weighted by Crippen LogP contribution is 2.33. The second-order valence-electron chi connectivity index (χ2n) is 8.01. The Bertz CT molecular complexity index is 367. The molecule has 126 valence electrons. The van der Waals surface area contributed by atoms with Crippen LogP contribution in [0, 0.1) is 5.92 Å². The Balaban J connectivity index is 1.56. The van der Waals surface area contributed by atoms with E-state index in [2.05, 4.69) is 29.2 Å². The van der Waals surface area contributed by atoms with Gasteiger partial charge in [-0.1, -0.05) is 12.8 Å². The molecule has 2 saturated heterocycles. The van der Waals surface area contributed by atoms with Gasteiger partial charge in [-0.25, -0.2) is 0 Å². The van der Waals surface area contributed by atoms with Crippen LogP contribution in [-0.2, 0) is 4.79 Å². The fourth-order valence-corrected chi connectivity index (χ4v) is 4.74. The van der Waals surface area contributed by atoms with Crippen LogP contribution in [-0.4, -0.2) is 61.0 Å². The van der Waals surface area contributed by atoms with E-state index in [9.17, 15) is 4.79 Å². The van der Waals surface area contributed by atoms with Crippen molar-refractivity contribution in [3.8, 4) is 0 Å². The first-order valence-corrected chi connectivity index (χ1v) is 9.32. The topological polar surface area (TPSA) is 35.6 Å². The molecule has 0 aromatic heterocycles. The molecule has 0 aromatic rings. The lowest BCUT2D eigenvalue weighted by molar-refractivity contribution is -0.135. The Morgan fingerprint density at radius 2 is 1.64 bits per heavy atom. The fourth-order valence-electron chi connectivity index (χ4n) is 4.74. The minimum absolute atomic E-state index is 0.431. The van der Waals surface area contributed by atoms with Gasteiger partial charge in [0.1, 0.15) is 0 Å². The molecule has 22 heavy (non-hydrogen) atoms. The van der Waals surface area contributed by atoms with Crippen LogP contribution in [0.15, 0.2) is 0 Å². The Hall–Kier alpha value is -0.610. The summed E-state index contributed by atoms with van der Waals surface area (Å²) < 4.78 is 0. The zero-order valence-electron chi connectivity index (χ0n) is 14.4. The number of carbonyl (C=O) groups is 1. The molecule has 4 heteroatoms. The zero-order valence-corrected chi connectivity index (χ0v) is 14.4. The van der Waals surface area contributed by atoms with Crippen molar-refractivity contribution in [1.29, 1.82) is 0 Å². The smallest absolute Gasteiger partial charge is 0.223 e. The summed E-state index contributed by atoms with van der Waals surface area (Å²) in [7, 11) is 4.20. The molecule has 3 aliphatic rings. The third-order valence-corrected chi connectivity index (χ3v) is 5.91. The van der Waals surface area contributed by atoms with E-state index in [1.807, 2.05) is 0 Å². The van der Waals surface area contributed by atoms with Crippen molar-refractivity contribution in [2.24, 2.45) is 5.92 Å². The number of hydrogen-bond acceptors (Lipinski definition) is 3. The van der Waals surface area contributed by atoms with E-state index in [4.69, 9.17) is 0 Å². The molecule has 1 saturated carbocycles. The molecule has 1 amide bonds. The van der Waals surface area contributed by atoms with E-state index in [1.165, 1.54) is 51.4 Å². The fraction of sp³-hybridized carbons (Fsp3) is 0.944. The second-order valence-corrected chi connectivity index (χ2v) is 8.01. The van der Waals surface area contributed by atoms with Crippen molar-refractivity contribution in [2.75, 3.05) is 27.2 Å². The Kier molecular flexibility index (Phi) is 5.40. The molecule has 2 aliphatic heterocycles. The van der Waals surface area contributed by atoms with Crippen molar-refractivity contribution < 1.29 is 4.79 Å². The Labute approximate surface area is 135 Å². The van der Waals surface area contributed by atoms with Gasteiger partial charge in [-0.3, -0.25) is 4.79 Å². The van der Waals surface area contributed by atoms with Crippen LogP contribution in [0.4, 0.5) is 0 Å². The van der Waals surface area contributed by atoms with E-state index < -0.39 is 0 Å². The summed E-state index contributed by atoms with van der Waals surface area (Å²) in [5.41, 5.74) is 0. The van der Waals surface area contributed by atoms with Crippen molar-refractivity contribution in [3.05, 3.63) is 0 Å². The summed E-state index contributed by atoms with van der Waals surface area (Å²) in [5.74, 6) is 1.05. The first-order chi connectivity index (χ1) is 10.6. The molecule has 1 aliphatic carbocycles. The van der Waals surface area contributed by atoms with Gasteiger partial charge in [-0.05, 0) is 58.5 Å². The number of fused-ring (bicyclic) bond motifs is 2. The number of nitrogens with zero attached hydrogens (tertiary/aromatic N) is 2. The van der Waals surface area contributed by atoms with Crippen LogP contribution in [0.2, 0.25) is 0 Å². The molecule has 4 nitrogen and oxygen atoms in total. The molecule has 2 bridgehead atoms. The maximum Gasteiger partial charge on any atom is 0.223 e. The molecule has 0 radical (unpaired) electrons. The standard InChI is InChI=1S/C18H33N3O/c1-20(2)9-10-21(17-5-3-4-6-17)18(22)13-14-11-15-7-8-16(12-14)19-15/h14-17,19H,3-13H2,1-2H3. The highest BCUT2D eigenvalue weighted by atomic mass is 16.2. The summed E-state index contributed by atoms with van der Waals surface area (Å²) >= 11 is 0. The molecule has 3 fully saturated rings. The molecule has 2 atom stereocenters. The monoisotopic (exact) mass is 307 g/mol. The van der Waals surface area contributed by atoms with E-state index in [-0.39, 0.29) is 0 Å². The van der Waals surface area contributed by atoms with Gasteiger partial charge < -0.3 is 15.1 Å². The van der Waals surface area contributed by atoms with Gasteiger partial charge in [0, 0.05) is 37.6 Å². The molecular formula is C18H33N3O. The predicted molar refractivity (Wildman–Crippen MR) is 89.8 cm³/mol. The quantitative estimate of drug-likeness (QED) is 0.817. The first-order valence-electron chi connectivity index (χ1n) is 9.32. The van der Waals surface area contributed by atoms with Crippen molar-refractivity contribution >= 4 is 5.91 Å². The van der Waals surface area contributed by atoms with Gasteiger partial charge in [0.05, 0.1) is 0 Å². The van der Waals surface area contributed by atoms with Crippen molar-refractivity contribution in [1.82, 2.24) is 15.1 Å². The van der Waals surface area contributed by atoms with E-state index in [0.717, 1.165) is 19.5 Å². The van der Waals surface area contributed by atoms with Crippen LogP contribution in [0.25, 0.3) is 0 Å².